The standard InChI is InChI=1S/C19H28N6/c1-2-10-23(9-1)13-14-24-11-7-16(8-12-24)19-21-20-18-6-5-17(15-3-4-15)22-25(18)19/h5-6,15-16H,1-4,7-14H2. The van der Waals surface area contributed by atoms with E-state index in [2.05, 4.69) is 32.1 Å². The first-order valence-electron chi connectivity index (χ1n) is 10.0. The monoisotopic (exact) mass is 340 g/mol. The van der Waals surface area contributed by atoms with E-state index in [1.807, 2.05) is 4.52 Å². The van der Waals surface area contributed by atoms with Gasteiger partial charge in [0.1, 0.15) is 0 Å². The molecule has 4 heterocycles. The van der Waals surface area contributed by atoms with Crippen molar-refractivity contribution in [2.24, 2.45) is 0 Å². The summed E-state index contributed by atoms with van der Waals surface area (Å²) in [4.78, 5) is 5.24. The Hall–Kier alpha value is -1.53. The molecule has 6 heteroatoms. The van der Waals surface area contributed by atoms with E-state index in [0.717, 1.165) is 11.5 Å². The molecule has 2 saturated heterocycles. The first kappa shape index (κ1) is 15.7. The molecular weight excluding hydrogens is 312 g/mol. The van der Waals surface area contributed by atoms with Crippen LogP contribution in [0.4, 0.5) is 0 Å². The Labute approximate surface area is 149 Å². The number of fused-ring (bicyclic) bond motifs is 1. The Morgan fingerprint density at radius 1 is 0.800 bits per heavy atom. The van der Waals surface area contributed by atoms with E-state index < -0.39 is 0 Å². The summed E-state index contributed by atoms with van der Waals surface area (Å²) in [6.45, 7) is 7.42. The molecular formula is C19H28N6. The van der Waals surface area contributed by atoms with Crippen LogP contribution < -0.4 is 0 Å². The first-order valence-corrected chi connectivity index (χ1v) is 10.0. The summed E-state index contributed by atoms with van der Waals surface area (Å²) in [5.41, 5.74) is 2.12. The lowest BCUT2D eigenvalue weighted by Gasteiger charge is -2.32. The maximum atomic E-state index is 4.85. The van der Waals surface area contributed by atoms with Gasteiger partial charge in [-0.25, -0.2) is 0 Å². The fourth-order valence-corrected chi connectivity index (χ4v) is 4.37. The molecule has 2 aliphatic heterocycles. The van der Waals surface area contributed by atoms with Crippen LogP contribution in [0, 0.1) is 0 Å². The summed E-state index contributed by atoms with van der Waals surface area (Å²) in [7, 11) is 0. The van der Waals surface area contributed by atoms with E-state index >= 15 is 0 Å². The molecule has 0 atom stereocenters. The largest absolute Gasteiger partial charge is 0.302 e. The van der Waals surface area contributed by atoms with Gasteiger partial charge in [-0.15, -0.1) is 10.2 Å². The van der Waals surface area contributed by atoms with Gasteiger partial charge in [0.05, 0.1) is 5.69 Å². The molecule has 25 heavy (non-hydrogen) atoms. The van der Waals surface area contributed by atoms with Crippen LogP contribution in [0.3, 0.4) is 0 Å². The van der Waals surface area contributed by atoms with Gasteiger partial charge in [0.25, 0.3) is 0 Å². The Bertz CT molecular complexity index is 723. The lowest BCUT2D eigenvalue weighted by Crippen LogP contribution is -2.38. The van der Waals surface area contributed by atoms with E-state index in [9.17, 15) is 0 Å². The topological polar surface area (TPSA) is 49.6 Å². The Morgan fingerprint density at radius 2 is 1.52 bits per heavy atom. The summed E-state index contributed by atoms with van der Waals surface area (Å²) in [5, 5.41) is 13.7. The summed E-state index contributed by atoms with van der Waals surface area (Å²) >= 11 is 0. The van der Waals surface area contributed by atoms with Crippen molar-refractivity contribution < 1.29 is 0 Å². The smallest absolute Gasteiger partial charge is 0.177 e. The molecule has 0 spiro atoms. The predicted octanol–water partition coefficient (Wildman–Crippen LogP) is 2.28. The highest BCUT2D eigenvalue weighted by Crippen LogP contribution is 2.39. The highest BCUT2D eigenvalue weighted by atomic mass is 15.4. The number of likely N-dealkylation sites (tertiary alicyclic amines) is 2. The molecule has 0 radical (unpaired) electrons. The number of aromatic nitrogens is 4. The van der Waals surface area contributed by atoms with Gasteiger partial charge < -0.3 is 9.80 Å². The molecule has 0 N–H and O–H groups in total. The molecule has 0 unspecified atom stereocenters. The van der Waals surface area contributed by atoms with Gasteiger partial charge >= 0.3 is 0 Å². The second-order valence-electron chi connectivity index (χ2n) is 8.03. The summed E-state index contributed by atoms with van der Waals surface area (Å²) in [6, 6.07) is 4.22. The van der Waals surface area contributed by atoms with E-state index in [1.165, 1.54) is 83.5 Å². The van der Waals surface area contributed by atoms with Crippen LogP contribution in [-0.2, 0) is 0 Å². The average molecular weight is 340 g/mol. The number of rotatable bonds is 5. The van der Waals surface area contributed by atoms with Crippen molar-refractivity contribution in [3.63, 3.8) is 0 Å². The summed E-state index contributed by atoms with van der Waals surface area (Å²) < 4.78 is 2.03. The SMILES string of the molecule is c1cc2nnc(C3CCN(CCN4CCCC4)CC3)n2nc1C1CC1. The maximum Gasteiger partial charge on any atom is 0.177 e. The van der Waals surface area contributed by atoms with Crippen molar-refractivity contribution in [1.29, 1.82) is 0 Å². The molecule has 2 aromatic heterocycles. The molecule has 6 nitrogen and oxygen atoms in total. The molecule has 3 aliphatic rings. The van der Waals surface area contributed by atoms with Crippen molar-refractivity contribution in [3.8, 4) is 0 Å². The minimum Gasteiger partial charge on any atom is -0.302 e. The van der Waals surface area contributed by atoms with Crippen LogP contribution in [-0.4, -0.2) is 68.9 Å². The molecule has 5 rings (SSSR count). The number of hydrogen-bond donors (Lipinski definition) is 0. The number of nitrogens with zero attached hydrogens (tertiary/aromatic N) is 6. The minimum absolute atomic E-state index is 0.500. The van der Waals surface area contributed by atoms with Crippen molar-refractivity contribution in [3.05, 3.63) is 23.7 Å². The third-order valence-electron chi connectivity index (χ3n) is 6.19. The zero-order valence-corrected chi connectivity index (χ0v) is 15.0. The quantitative estimate of drug-likeness (QED) is 0.836. The molecule has 134 valence electrons. The van der Waals surface area contributed by atoms with Crippen LogP contribution in [0.25, 0.3) is 5.65 Å². The van der Waals surface area contributed by atoms with Crippen LogP contribution in [0.5, 0.6) is 0 Å². The molecule has 0 aromatic carbocycles. The minimum atomic E-state index is 0.500. The normalized spacial score (nSPS) is 23.7. The van der Waals surface area contributed by atoms with Crippen molar-refractivity contribution in [2.75, 3.05) is 39.3 Å². The molecule has 1 saturated carbocycles. The zero-order chi connectivity index (χ0) is 16.6. The van der Waals surface area contributed by atoms with Gasteiger partial charge in [0, 0.05) is 24.9 Å². The van der Waals surface area contributed by atoms with Gasteiger partial charge in [0.15, 0.2) is 11.5 Å². The summed E-state index contributed by atoms with van der Waals surface area (Å²) in [6.07, 6.45) is 7.69. The number of piperidine rings is 1. The van der Waals surface area contributed by atoms with E-state index in [0.29, 0.717) is 11.8 Å². The first-order chi connectivity index (χ1) is 12.4. The second-order valence-corrected chi connectivity index (χ2v) is 8.03. The van der Waals surface area contributed by atoms with Gasteiger partial charge in [-0.05, 0) is 76.8 Å². The lowest BCUT2D eigenvalue weighted by molar-refractivity contribution is 0.182. The lowest BCUT2D eigenvalue weighted by atomic mass is 9.96. The van der Waals surface area contributed by atoms with Crippen LogP contribution >= 0.6 is 0 Å². The Balaban J connectivity index is 1.23. The van der Waals surface area contributed by atoms with Crippen molar-refractivity contribution in [1.82, 2.24) is 29.6 Å². The Morgan fingerprint density at radius 3 is 2.24 bits per heavy atom. The molecule has 0 amide bonds. The molecule has 1 aliphatic carbocycles. The highest BCUT2D eigenvalue weighted by Gasteiger charge is 2.28. The van der Waals surface area contributed by atoms with Gasteiger partial charge in [0.2, 0.25) is 0 Å². The van der Waals surface area contributed by atoms with Gasteiger partial charge in [-0.3, -0.25) is 0 Å². The van der Waals surface area contributed by atoms with E-state index in [1.54, 1.807) is 0 Å². The summed E-state index contributed by atoms with van der Waals surface area (Å²) in [5.74, 6) is 2.25. The maximum absolute atomic E-state index is 4.85. The average Bonchev–Trinajstić information content (AvgIpc) is 3.21. The second kappa shape index (κ2) is 6.65. The third kappa shape index (κ3) is 3.29. The third-order valence-corrected chi connectivity index (χ3v) is 6.19. The number of hydrogen-bond acceptors (Lipinski definition) is 5. The molecule has 3 fully saturated rings. The van der Waals surface area contributed by atoms with Crippen LogP contribution in [0.2, 0.25) is 0 Å². The zero-order valence-electron chi connectivity index (χ0n) is 15.0. The fraction of sp³-hybridized carbons (Fsp3) is 0.737. The van der Waals surface area contributed by atoms with Crippen molar-refractivity contribution >= 4 is 5.65 Å². The van der Waals surface area contributed by atoms with Gasteiger partial charge in [-0.2, -0.15) is 9.61 Å². The van der Waals surface area contributed by atoms with Crippen LogP contribution in [0.1, 0.15) is 61.9 Å². The van der Waals surface area contributed by atoms with Crippen molar-refractivity contribution in [2.45, 2.75) is 50.4 Å². The fourth-order valence-electron chi connectivity index (χ4n) is 4.37. The van der Waals surface area contributed by atoms with Gasteiger partial charge in [-0.1, -0.05) is 0 Å². The highest BCUT2D eigenvalue weighted by molar-refractivity contribution is 5.38. The van der Waals surface area contributed by atoms with E-state index in [-0.39, 0.29) is 0 Å². The van der Waals surface area contributed by atoms with E-state index in [4.69, 9.17) is 5.10 Å². The Kier molecular flexibility index (Phi) is 4.18. The molecule has 0 bridgehead atoms. The molecule has 2 aromatic rings. The van der Waals surface area contributed by atoms with Crippen LogP contribution in [0.15, 0.2) is 12.1 Å². The predicted molar refractivity (Wildman–Crippen MR) is 96.8 cm³/mol.